The zero-order valence-corrected chi connectivity index (χ0v) is 13.6. The van der Waals surface area contributed by atoms with Gasteiger partial charge in [-0.25, -0.2) is 4.98 Å². The Labute approximate surface area is 129 Å². The lowest BCUT2D eigenvalue weighted by Crippen LogP contribution is -2.32. The van der Waals surface area contributed by atoms with Crippen LogP contribution in [0.1, 0.15) is 62.5 Å². The second-order valence-electron chi connectivity index (χ2n) is 6.90. The topological polar surface area (TPSA) is 28.2 Å². The van der Waals surface area contributed by atoms with Crippen LogP contribution in [0.4, 0.5) is 5.82 Å². The van der Waals surface area contributed by atoms with E-state index in [2.05, 4.69) is 36.5 Å². The van der Waals surface area contributed by atoms with Crippen molar-refractivity contribution in [2.45, 2.75) is 76.9 Å². The Morgan fingerprint density at radius 2 is 1.86 bits per heavy atom. The first-order valence-corrected chi connectivity index (χ1v) is 8.66. The minimum atomic E-state index is 0.675. The van der Waals surface area contributed by atoms with E-state index < -0.39 is 0 Å². The number of nitrogens with one attached hydrogen (secondary N) is 1. The molecule has 116 valence electrons. The Morgan fingerprint density at radius 3 is 2.48 bits per heavy atom. The third kappa shape index (κ3) is 3.97. The molecule has 0 saturated heterocycles. The van der Waals surface area contributed by atoms with Gasteiger partial charge in [-0.15, -0.1) is 0 Å². The summed E-state index contributed by atoms with van der Waals surface area (Å²) in [5, 5.41) is 3.57. The SMILES string of the molecule is Cc1cc(CNC2CC2)cnc1N(C)C1CCCCCC1. The molecule has 3 rings (SSSR count). The molecule has 21 heavy (non-hydrogen) atoms. The fourth-order valence-electron chi connectivity index (χ4n) is 3.46. The van der Waals surface area contributed by atoms with Crippen LogP contribution in [0.2, 0.25) is 0 Å². The van der Waals surface area contributed by atoms with Gasteiger partial charge in [0.25, 0.3) is 0 Å². The van der Waals surface area contributed by atoms with Crippen molar-refractivity contribution < 1.29 is 0 Å². The first kappa shape index (κ1) is 14.8. The number of pyridine rings is 1. The summed E-state index contributed by atoms with van der Waals surface area (Å²) in [6.07, 6.45) is 12.9. The molecule has 1 aromatic heterocycles. The number of aryl methyl sites for hydroxylation is 1. The summed E-state index contributed by atoms with van der Waals surface area (Å²) in [6, 6.07) is 3.75. The second-order valence-corrected chi connectivity index (χ2v) is 6.90. The van der Waals surface area contributed by atoms with E-state index >= 15 is 0 Å². The Bertz CT molecular complexity index is 460. The third-order valence-electron chi connectivity index (χ3n) is 4.99. The zero-order valence-electron chi connectivity index (χ0n) is 13.6. The molecule has 3 nitrogen and oxygen atoms in total. The third-order valence-corrected chi connectivity index (χ3v) is 4.99. The number of hydrogen-bond acceptors (Lipinski definition) is 3. The largest absolute Gasteiger partial charge is 0.356 e. The van der Waals surface area contributed by atoms with Crippen LogP contribution in [-0.4, -0.2) is 24.1 Å². The molecule has 3 heteroatoms. The van der Waals surface area contributed by atoms with Gasteiger partial charge in [0.15, 0.2) is 0 Å². The van der Waals surface area contributed by atoms with Crippen molar-refractivity contribution in [2.24, 2.45) is 0 Å². The number of nitrogens with zero attached hydrogens (tertiary/aromatic N) is 2. The zero-order chi connectivity index (χ0) is 14.7. The van der Waals surface area contributed by atoms with Gasteiger partial charge >= 0.3 is 0 Å². The summed E-state index contributed by atoms with van der Waals surface area (Å²) in [7, 11) is 2.23. The van der Waals surface area contributed by atoms with E-state index in [4.69, 9.17) is 4.98 Å². The molecule has 1 heterocycles. The van der Waals surface area contributed by atoms with Crippen molar-refractivity contribution in [1.29, 1.82) is 0 Å². The van der Waals surface area contributed by atoms with E-state index in [1.165, 1.54) is 68.3 Å². The van der Waals surface area contributed by atoms with Gasteiger partial charge in [0.1, 0.15) is 5.82 Å². The monoisotopic (exact) mass is 287 g/mol. The van der Waals surface area contributed by atoms with Crippen LogP contribution in [0.5, 0.6) is 0 Å². The Morgan fingerprint density at radius 1 is 1.14 bits per heavy atom. The molecule has 1 aromatic rings. The van der Waals surface area contributed by atoms with Gasteiger partial charge in [0.2, 0.25) is 0 Å². The fraction of sp³-hybridized carbons (Fsp3) is 0.722. The lowest BCUT2D eigenvalue weighted by atomic mass is 10.1. The van der Waals surface area contributed by atoms with Crippen LogP contribution in [0.3, 0.4) is 0 Å². The molecular formula is C18H29N3. The molecule has 0 bridgehead atoms. The molecule has 0 atom stereocenters. The van der Waals surface area contributed by atoms with Crippen LogP contribution >= 0.6 is 0 Å². The van der Waals surface area contributed by atoms with Gasteiger partial charge in [-0.1, -0.05) is 25.7 Å². The van der Waals surface area contributed by atoms with E-state index in [1.54, 1.807) is 0 Å². The molecular weight excluding hydrogens is 258 g/mol. The summed E-state index contributed by atoms with van der Waals surface area (Å²) in [5.74, 6) is 1.18. The number of anilines is 1. The summed E-state index contributed by atoms with van der Waals surface area (Å²) in [4.78, 5) is 7.20. The molecule has 0 unspecified atom stereocenters. The summed E-state index contributed by atoms with van der Waals surface area (Å²) >= 11 is 0. The number of rotatable bonds is 5. The maximum absolute atomic E-state index is 4.77. The Balaban J connectivity index is 1.65. The molecule has 0 aliphatic heterocycles. The Hall–Kier alpha value is -1.09. The summed E-state index contributed by atoms with van der Waals surface area (Å²) in [5.41, 5.74) is 2.63. The minimum Gasteiger partial charge on any atom is -0.356 e. The maximum atomic E-state index is 4.77. The highest BCUT2D eigenvalue weighted by molar-refractivity contribution is 5.47. The van der Waals surface area contributed by atoms with E-state index in [1.807, 2.05) is 0 Å². The van der Waals surface area contributed by atoms with Gasteiger partial charge in [-0.3, -0.25) is 0 Å². The average molecular weight is 287 g/mol. The number of aromatic nitrogens is 1. The lowest BCUT2D eigenvalue weighted by Gasteiger charge is -2.29. The molecule has 2 aliphatic rings. The molecule has 2 saturated carbocycles. The normalized spacial score (nSPS) is 20.3. The van der Waals surface area contributed by atoms with Crippen LogP contribution in [0.25, 0.3) is 0 Å². The standard InChI is InChI=1S/C18H29N3/c1-14-11-15(12-19-16-9-10-16)13-20-18(14)21(2)17-7-5-3-4-6-8-17/h11,13,16-17,19H,3-10,12H2,1-2H3. The molecule has 0 aromatic carbocycles. The quantitative estimate of drug-likeness (QED) is 0.835. The van der Waals surface area contributed by atoms with E-state index in [0.29, 0.717) is 6.04 Å². The maximum Gasteiger partial charge on any atom is 0.131 e. The first-order chi connectivity index (χ1) is 10.2. The predicted molar refractivity (Wildman–Crippen MR) is 88.7 cm³/mol. The van der Waals surface area contributed by atoms with Gasteiger partial charge in [-0.05, 0) is 49.8 Å². The Kier molecular flexibility index (Phi) is 4.79. The van der Waals surface area contributed by atoms with E-state index in [0.717, 1.165) is 12.6 Å². The molecule has 2 aliphatic carbocycles. The van der Waals surface area contributed by atoms with Crippen LogP contribution in [0.15, 0.2) is 12.3 Å². The highest BCUT2D eigenvalue weighted by atomic mass is 15.2. The van der Waals surface area contributed by atoms with Gasteiger partial charge in [0, 0.05) is 31.9 Å². The van der Waals surface area contributed by atoms with Crippen molar-refractivity contribution in [1.82, 2.24) is 10.3 Å². The molecule has 0 radical (unpaired) electrons. The summed E-state index contributed by atoms with van der Waals surface area (Å²) in [6.45, 7) is 3.17. The predicted octanol–water partition coefficient (Wildman–Crippen LogP) is 3.80. The second kappa shape index (κ2) is 6.78. The summed E-state index contributed by atoms with van der Waals surface area (Å²) < 4.78 is 0. The highest BCUT2D eigenvalue weighted by Crippen LogP contribution is 2.26. The van der Waals surface area contributed by atoms with Crippen LogP contribution < -0.4 is 10.2 Å². The van der Waals surface area contributed by atoms with Gasteiger partial charge < -0.3 is 10.2 Å². The van der Waals surface area contributed by atoms with Crippen LogP contribution in [-0.2, 0) is 6.54 Å². The molecule has 0 amide bonds. The molecule has 0 spiro atoms. The van der Waals surface area contributed by atoms with E-state index in [9.17, 15) is 0 Å². The first-order valence-electron chi connectivity index (χ1n) is 8.66. The average Bonchev–Trinajstić information content (AvgIpc) is 3.31. The highest BCUT2D eigenvalue weighted by Gasteiger charge is 2.21. The van der Waals surface area contributed by atoms with Crippen molar-refractivity contribution in [2.75, 3.05) is 11.9 Å². The molecule has 1 N–H and O–H groups in total. The van der Waals surface area contributed by atoms with Gasteiger partial charge in [-0.2, -0.15) is 0 Å². The van der Waals surface area contributed by atoms with E-state index in [-0.39, 0.29) is 0 Å². The fourth-order valence-corrected chi connectivity index (χ4v) is 3.46. The van der Waals surface area contributed by atoms with Crippen molar-refractivity contribution >= 4 is 5.82 Å². The van der Waals surface area contributed by atoms with Crippen molar-refractivity contribution in [3.05, 3.63) is 23.4 Å². The lowest BCUT2D eigenvalue weighted by molar-refractivity contribution is 0.548. The van der Waals surface area contributed by atoms with Crippen LogP contribution in [0, 0.1) is 6.92 Å². The van der Waals surface area contributed by atoms with Crippen molar-refractivity contribution in [3.63, 3.8) is 0 Å². The smallest absolute Gasteiger partial charge is 0.131 e. The van der Waals surface area contributed by atoms with Gasteiger partial charge in [0.05, 0.1) is 0 Å². The molecule has 2 fully saturated rings. The minimum absolute atomic E-state index is 0.675. The van der Waals surface area contributed by atoms with Crippen molar-refractivity contribution in [3.8, 4) is 0 Å². The number of hydrogen-bond donors (Lipinski definition) is 1.